The van der Waals surface area contributed by atoms with Crippen LogP contribution >= 0.6 is 11.5 Å². The zero-order valence-corrected chi connectivity index (χ0v) is 12.9. The summed E-state index contributed by atoms with van der Waals surface area (Å²) in [4.78, 5) is 11.8. The van der Waals surface area contributed by atoms with E-state index < -0.39 is 5.97 Å². The van der Waals surface area contributed by atoms with Gasteiger partial charge in [-0.3, -0.25) is 5.10 Å². The van der Waals surface area contributed by atoms with Crippen molar-refractivity contribution >= 4 is 28.3 Å². The lowest BCUT2D eigenvalue weighted by Gasteiger charge is -2.06. The Bertz CT molecular complexity index is 607. The molecule has 0 aromatic carbocycles. The number of nitrogen functional groups attached to an aromatic ring is 1. The molecule has 8 heteroatoms. The molecule has 114 valence electrons. The van der Waals surface area contributed by atoms with Crippen LogP contribution in [-0.4, -0.2) is 33.7 Å². The number of anilines is 2. The molecule has 0 aliphatic carbocycles. The molecule has 0 spiro atoms. The van der Waals surface area contributed by atoms with E-state index in [1.165, 1.54) is 17.1 Å². The first-order valence-corrected chi connectivity index (χ1v) is 7.55. The predicted octanol–water partition coefficient (Wildman–Crippen LogP) is 1.98. The molecule has 4 N–H and O–H groups in total. The SMILES string of the molecule is CCOC(=O)c1c(N)nsc1NCCCc1cn[nH]c1C. The maximum atomic E-state index is 11.8. The fourth-order valence-electron chi connectivity index (χ4n) is 1.93. The van der Waals surface area contributed by atoms with E-state index in [9.17, 15) is 4.79 Å². The van der Waals surface area contributed by atoms with Crippen molar-refractivity contribution in [2.75, 3.05) is 24.2 Å². The quantitative estimate of drug-likeness (QED) is 0.533. The second-order valence-electron chi connectivity index (χ2n) is 4.54. The van der Waals surface area contributed by atoms with E-state index in [1.54, 1.807) is 6.92 Å². The van der Waals surface area contributed by atoms with E-state index in [1.807, 2.05) is 13.1 Å². The summed E-state index contributed by atoms with van der Waals surface area (Å²) in [6.45, 7) is 4.79. The summed E-state index contributed by atoms with van der Waals surface area (Å²) >= 11 is 1.18. The van der Waals surface area contributed by atoms with Gasteiger partial charge in [0.05, 0.1) is 12.8 Å². The Balaban J connectivity index is 1.89. The molecular formula is C13H19N5O2S. The highest BCUT2D eigenvalue weighted by Gasteiger charge is 2.20. The number of aromatic amines is 1. The topological polar surface area (TPSA) is 106 Å². The van der Waals surface area contributed by atoms with Crippen molar-refractivity contribution in [2.45, 2.75) is 26.7 Å². The number of rotatable bonds is 7. The van der Waals surface area contributed by atoms with Crippen LogP contribution in [0.1, 0.15) is 35.0 Å². The van der Waals surface area contributed by atoms with Gasteiger partial charge in [0.2, 0.25) is 0 Å². The van der Waals surface area contributed by atoms with Gasteiger partial charge in [-0.15, -0.1) is 0 Å². The van der Waals surface area contributed by atoms with Gasteiger partial charge in [-0.2, -0.15) is 9.47 Å². The van der Waals surface area contributed by atoms with E-state index in [-0.39, 0.29) is 5.82 Å². The van der Waals surface area contributed by atoms with Crippen molar-refractivity contribution in [3.05, 3.63) is 23.0 Å². The Labute approximate surface area is 127 Å². The molecule has 2 aromatic heterocycles. The van der Waals surface area contributed by atoms with Gasteiger partial charge in [-0.05, 0) is 43.8 Å². The van der Waals surface area contributed by atoms with Crippen LogP contribution in [-0.2, 0) is 11.2 Å². The molecule has 2 heterocycles. The zero-order chi connectivity index (χ0) is 15.2. The van der Waals surface area contributed by atoms with E-state index in [0.29, 0.717) is 17.2 Å². The van der Waals surface area contributed by atoms with E-state index in [4.69, 9.17) is 10.5 Å². The van der Waals surface area contributed by atoms with E-state index in [0.717, 1.165) is 25.1 Å². The normalized spacial score (nSPS) is 10.6. The van der Waals surface area contributed by atoms with E-state index >= 15 is 0 Å². The standard InChI is InChI=1S/C13H19N5O2S/c1-3-20-13(19)10-11(14)18-21-12(10)15-6-4-5-9-7-16-17-8(9)2/h7,15H,3-6H2,1-2H3,(H2,14,18)(H,16,17). The van der Waals surface area contributed by atoms with Crippen LogP contribution in [0.25, 0.3) is 0 Å². The van der Waals surface area contributed by atoms with Crippen molar-refractivity contribution in [1.82, 2.24) is 14.6 Å². The largest absolute Gasteiger partial charge is 0.462 e. The number of nitrogens with two attached hydrogens (primary N) is 1. The molecule has 0 saturated carbocycles. The zero-order valence-electron chi connectivity index (χ0n) is 12.1. The fourth-order valence-corrected chi connectivity index (χ4v) is 2.66. The Hall–Kier alpha value is -2.09. The molecule has 0 amide bonds. The first-order valence-electron chi connectivity index (χ1n) is 6.78. The molecule has 2 aromatic rings. The number of nitrogens with one attached hydrogen (secondary N) is 2. The number of hydrogen-bond donors (Lipinski definition) is 3. The summed E-state index contributed by atoms with van der Waals surface area (Å²) in [6, 6.07) is 0. The van der Waals surface area contributed by atoms with Gasteiger partial charge in [0, 0.05) is 12.2 Å². The molecule has 0 bridgehead atoms. The smallest absolute Gasteiger partial charge is 0.344 e. The van der Waals surface area contributed by atoms with Crippen molar-refractivity contribution < 1.29 is 9.53 Å². The number of H-pyrrole nitrogens is 1. The van der Waals surface area contributed by atoms with Gasteiger partial charge in [-0.25, -0.2) is 4.79 Å². The third kappa shape index (κ3) is 3.72. The molecule has 7 nitrogen and oxygen atoms in total. The van der Waals surface area contributed by atoms with Gasteiger partial charge in [-0.1, -0.05) is 0 Å². The molecule has 0 fully saturated rings. The summed E-state index contributed by atoms with van der Waals surface area (Å²) in [6.07, 6.45) is 3.67. The summed E-state index contributed by atoms with van der Waals surface area (Å²) in [5.74, 6) is -0.219. The second kappa shape index (κ2) is 7.07. The molecule has 21 heavy (non-hydrogen) atoms. The first-order chi connectivity index (χ1) is 10.1. The number of hydrogen-bond acceptors (Lipinski definition) is 7. The number of carbonyl (C=O) groups is 1. The van der Waals surface area contributed by atoms with Gasteiger partial charge < -0.3 is 15.8 Å². The van der Waals surface area contributed by atoms with Gasteiger partial charge >= 0.3 is 5.97 Å². The van der Waals surface area contributed by atoms with Crippen molar-refractivity contribution in [3.8, 4) is 0 Å². The number of esters is 1. The number of ether oxygens (including phenoxy) is 1. The summed E-state index contributed by atoms with van der Waals surface area (Å²) in [5.41, 5.74) is 8.34. The van der Waals surface area contributed by atoms with Gasteiger partial charge in [0.1, 0.15) is 10.6 Å². The fraction of sp³-hybridized carbons (Fsp3) is 0.462. The first kappa shape index (κ1) is 15.3. The van der Waals surface area contributed by atoms with Crippen LogP contribution in [0.5, 0.6) is 0 Å². The number of aromatic nitrogens is 3. The second-order valence-corrected chi connectivity index (χ2v) is 5.32. The number of carbonyl (C=O) groups excluding carboxylic acids is 1. The lowest BCUT2D eigenvalue weighted by molar-refractivity contribution is 0.0529. The van der Waals surface area contributed by atoms with Crippen LogP contribution in [0.2, 0.25) is 0 Å². The van der Waals surface area contributed by atoms with Crippen molar-refractivity contribution in [3.63, 3.8) is 0 Å². The van der Waals surface area contributed by atoms with Crippen LogP contribution in [0, 0.1) is 6.92 Å². The minimum Gasteiger partial charge on any atom is -0.462 e. The Kier molecular flexibility index (Phi) is 5.15. The van der Waals surface area contributed by atoms with Gasteiger partial charge in [0.15, 0.2) is 5.82 Å². The highest BCUT2D eigenvalue weighted by Crippen LogP contribution is 2.27. The predicted molar refractivity (Wildman–Crippen MR) is 82.6 cm³/mol. The monoisotopic (exact) mass is 309 g/mol. The summed E-state index contributed by atoms with van der Waals surface area (Å²) in [5, 5.41) is 10.8. The number of nitrogens with zero attached hydrogens (tertiary/aromatic N) is 2. The maximum Gasteiger partial charge on any atom is 0.344 e. The molecule has 0 radical (unpaired) electrons. The summed E-state index contributed by atoms with van der Waals surface area (Å²) in [7, 11) is 0. The van der Waals surface area contributed by atoms with Crippen molar-refractivity contribution in [1.29, 1.82) is 0 Å². The molecule has 0 aliphatic rings. The number of aryl methyl sites for hydroxylation is 2. The molecule has 0 aliphatic heterocycles. The average molecular weight is 309 g/mol. The van der Waals surface area contributed by atoms with Crippen LogP contribution in [0.4, 0.5) is 10.8 Å². The highest BCUT2D eigenvalue weighted by molar-refractivity contribution is 7.11. The van der Waals surface area contributed by atoms with Gasteiger partial charge in [0.25, 0.3) is 0 Å². The third-order valence-corrected chi connectivity index (χ3v) is 3.86. The lowest BCUT2D eigenvalue weighted by atomic mass is 10.1. The molecule has 0 saturated heterocycles. The molecular weight excluding hydrogens is 290 g/mol. The molecule has 0 atom stereocenters. The van der Waals surface area contributed by atoms with Crippen LogP contribution < -0.4 is 11.1 Å². The Morgan fingerprint density at radius 2 is 2.38 bits per heavy atom. The minimum atomic E-state index is -0.433. The molecule has 0 unspecified atom stereocenters. The van der Waals surface area contributed by atoms with Crippen LogP contribution in [0.15, 0.2) is 6.20 Å². The maximum absolute atomic E-state index is 11.8. The lowest BCUT2D eigenvalue weighted by Crippen LogP contribution is -2.11. The van der Waals surface area contributed by atoms with Crippen molar-refractivity contribution in [2.24, 2.45) is 0 Å². The summed E-state index contributed by atoms with van der Waals surface area (Å²) < 4.78 is 8.99. The van der Waals surface area contributed by atoms with E-state index in [2.05, 4.69) is 19.9 Å². The molecule has 2 rings (SSSR count). The van der Waals surface area contributed by atoms with Crippen LogP contribution in [0.3, 0.4) is 0 Å². The Morgan fingerprint density at radius 3 is 3.05 bits per heavy atom. The minimum absolute atomic E-state index is 0.214. The highest BCUT2D eigenvalue weighted by atomic mass is 32.1. The average Bonchev–Trinajstić information content (AvgIpc) is 3.01. The third-order valence-electron chi connectivity index (χ3n) is 3.04. The Morgan fingerprint density at radius 1 is 1.57 bits per heavy atom.